The first-order valence-corrected chi connectivity index (χ1v) is 10.0. The number of carbonyl (C=O) groups is 3. The monoisotopic (exact) mass is 433 g/mol. The minimum Gasteiger partial charge on any atom is -0.347 e. The summed E-state index contributed by atoms with van der Waals surface area (Å²) in [4.78, 5) is 40.3. The van der Waals surface area contributed by atoms with Crippen molar-refractivity contribution >= 4 is 40.9 Å². The summed E-state index contributed by atoms with van der Waals surface area (Å²) in [5.41, 5.74) is 1.25. The van der Waals surface area contributed by atoms with Gasteiger partial charge in [-0.05, 0) is 17.7 Å². The molecule has 6 nitrogen and oxygen atoms in total. The van der Waals surface area contributed by atoms with E-state index in [9.17, 15) is 14.4 Å². The zero-order valence-electron chi connectivity index (χ0n) is 15.7. The molecule has 0 saturated carbocycles. The lowest BCUT2D eigenvalue weighted by Crippen LogP contribution is -2.52. The van der Waals surface area contributed by atoms with Gasteiger partial charge in [0.2, 0.25) is 11.8 Å². The van der Waals surface area contributed by atoms with E-state index < -0.39 is 0 Å². The number of benzene rings is 2. The Morgan fingerprint density at radius 2 is 1.52 bits per heavy atom. The SMILES string of the molecule is O=C(Cc1ccccc1)NCC(=O)N1CCN(C(=O)c2cccc(Cl)c2Cl)CC1. The number of nitrogens with zero attached hydrogens (tertiary/aromatic N) is 2. The van der Waals surface area contributed by atoms with Crippen LogP contribution in [0.4, 0.5) is 0 Å². The van der Waals surface area contributed by atoms with Crippen LogP contribution in [0.5, 0.6) is 0 Å². The molecule has 0 unspecified atom stereocenters. The van der Waals surface area contributed by atoms with Crippen LogP contribution in [-0.2, 0) is 16.0 Å². The average Bonchev–Trinajstić information content (AvgIpc) is 2.74. The fourth-order valence-corrected chi connectivity index (χ4v) is 3.51. The summed E-state index contributed by atoms with van der Waals surface area (Å²) in [6.07, 6.45) is 0.233. The predicted molar refractivity (Wildman–Crippen MR) is 112 cm³/mol. The highest BCUT2D eigenvalue weighted by Crippen LogP contribution is 2.26. The van der Waals surface area contributed by atoms with Gasteiger partial charge in [-0.15, -0.1) is 0 Å². The molecule has 0 atom stereocenters. The van der Waals surface area contributed by atoms with E-state index in [1.807, 2.05) is 30.3 Å². The zero-order valence-corrected chi connectivity index (χ0v) is 17.2. The van der Waals surface area contributed by atoms with Crippen LogP contribution in [-0.4, -0.2) is 60.2 Å². The molecule has 1 fully saturated rings. The maximum Gasteiger partial charge on any atom is 0.255 e. The molecule has 1 aliphatic heterocycles. The average molecular weight is 434 g/mol. The van der Waals surface area contributed by atoms with Gasteiger partial charge in [0.05, 0.1) is 28.6 Å². The Bertz CT molecular complexity index is 897. The lowest BCUT2D eigenvalue weighted by molar-refractivity contribution is -0.133. The maximum absolute atomic E-state index is 12.7. The number of rotatable bonds is 5. The van der Waals surface area contributed by atoms with E-state index in [4.69, 9.17) is 23.2 Å². The predicted octanol–water partition coefficient (Wildman–Crippen LogP) is 2.64. The third-order valence-corrected chi connectivity index (χ3v) is 5.56. The van der Waals surface area contributed by atoms with Crippen molar-refractivity contribution in [3.05, 3.63) is 69.7 Å². The van der Waals surface area contributed by atoms with Crippen LogP contribution in [0.15, 0.2) is 48.5 Å². The first-order valence-electron chi connectivity index (χ1n) is 9.27. The third-order valence-electron chi connectivity index (χ3n) is 4.75. The van der Waals surface area contributed by atoms with Crippen molar-refractivity contribution in [3.8, 4) is 0 Å². The zero-order chi connectivity index (χ0) is 20.8. The lowest BCUT2D eigenvalue weighted by Gasteiger charge is -2.35. The highest BCUT2D eigenvalue weighted by Gasteiger charge is 2.26. The Morgan fingerprint density at radius 1 is 0.862 bits per heavy atom. The van der Waals surface area contributed by atoms with Crippen molar-refractivity contribution in [2.75, 3.05) is 32.7 Å². The van der Waals surface area contributed by atoms with Gasteiger partial charge >= 0.3 is 0 Å². The Kier molecular flexibility index (Phi) is 7.12. The molecule has 3 rings (SSSR count). The van der Waals surface area contributed by atoms with E-state index in [-0.39, 0.29) is 35.7 Å². The van der Waals surface area contributed by atoms with Gasteiger partial charge in [0.25, 0.3) is 5.91 Å². The maximum atomic E-state index is 12.7. The van der Waals surface area contributed by atoms with Crippen LogP contribution in [0.1, 0.15) is 15.9 Å². The fraction of sp³-hybridized carbons (Fsp3) is 0.286. The fourth-order valence-electron chi connectivity index (χ4n) is 3.13. The van der Waals surface area contributed by atoms with Crippen LogP contribution in [0.2, 0.25) is 10.0 Å². The van der Waals surface area contributed by atoms with Crippen molar-refractivity contribution in [2.45, 2.75) is 6.42 Å². The van der Waals surface area contributed by atoms with Gasteiger partial charge in [0.1, 0.15) is 0 Å². The molecule has 29 heavy (non-hydrogen) atoms. The second-order valence-electron chi connectivity index (χ2n) is 6.71. The topological polar surface area (TPSA) is 69.7 Å². The Morgan fingerprint density at radius 3 is 2.21 bits per heavy atom. The molecule has 1 heterocycles. The van der Waals surface area contributed by atoms with E-state index in [1.165, 1.54) is 0 Å². The van der Waals surface area contributed by atoms with Gasteiger partial charge < -0.3 is 15.1 Å². The van der Waals surface area contributed by atoms with Crippen LogP contribution in [0, 0.1) is 0 Å². The minimum absolute atomic E-state index is 0.0558. The summed E-state index contributed by atoms with van der Waals surface area (Å²) >= 11 is 12.1. The molecule has 152 valence electrons. The molecule has 0 radical (unpaired) electrons. The largest absolute Gasteiger partial charge is 0.347 e. The Labute approximate surface area is 179 Å². The summed E-state index contributed by atoms with van der Waals surface area (Å²) in [5.74, 6) is -0.575. The number of piperazine rings is 1. The molecule has 3 amide bonds. The lowest BCUT2D eigenvalue weighted by atomic mass is 10.1. The van der Waals surface area contributed by atoms with Crippen molar-refractivity contribution < 1.29 is 14.4 Å². The minimum atomic E-state index is -0.208. The normalized spacial score (nSPS) is 13.9. The van der Waals surface area contributed by atoms with E-state index in [2.05, 4.69) is 5.32 Å². The number of amides is 3. The van der Waals surface area contributed by atoms with Crippen molar-refractivity contribution in [1.29, 1.82) is 0 Å². The molecule has 0 aliphatic carbocycles. The summed E-state index contributed by atoms with van der Waals surface area (Å²) in [5, 5.41) is 3.23. The number of hydrogen-bond donors (Lipinski definition) is 1. The highest BCUT2D eigenvalue weighted by atomic mass is 35.5. The van der Waals surface area contributed by atoms with Crippen LogP contribution in [0.3, 0.4) is 0 Å². The molecule has 2 aromatic carbocycles. The number of halogens is 2. The van der Waals surface area contributed by atoms with Gasteiger partial charge in [0, 0.05) is 26.2 Å². The molecule has 0 bridgehead atoms. The molecule has 8 heteroatoms. The van der Waals surface area contributed by atoms with Crippen molar-refractivity contribution in [3.63, 3.8) is 0 Å². The quantitative estimate of drug-likeness (QED) is 0.787. The Balaban J connectivity index is 1.46. The standard InChI is InChI=1S/C21H21Cl2N3O3/c22-17-8-4-7-16(20(17)23)21(29)26-11-9-25(10-12-26)19(28)14-24-18(27)13-15-5-2-1-3-6-15/h1-8H,9-14H2,(H,24,27). The number of nitrogens with one attached hydrogen (secondary N) is 1. The van der Waals surface area contributed by atoms with Gasteiger partial charge in [-0.2, -0.15) is 0 Å². The van der Waals surface area contributed by atoms with Crippen LogP contribution >= 0.6 is 23.2 Å². The molecule has 1 N–H and O–H groups in total. The molecule has 2 aromatic rings. The van der Waals surface area contributed by atoms with Crippen molar-refractivity contribution in [1.82, 2.24) is 15.1 Å². The van der Waals surface area contributed by atoms with E-state index in [0.717, 1.165) is 5.56 Å². The second kappa shape index (κ2) is 9.76. The number of carbonyl (C=O) groups excluding carboxylic acids is 3. The summed E-state index contributed by atoms with van der Waals surface area (Å²) < 4.78 is 0. The first kappa shape index (κ1) is 21.1. The second-order valence-corrected chi connectivity index (χ2v) is 7.50. The number of hydrogen-bond acceptors (Lipinski definition) is 3. The summed E-state index contributed by atoms with van der Waals surface area (Å²) in [6.45, 7) is 1.53. The van der Waals surface area contributed by atoms with Gasteiger partial charge in [0.15, 0.2) is 0 Å². The molecular weight excluding hydrogens is 413 g/mol. The molecule has 0 aromatic heterocycles. The van der Waals surface area contributed by atoms with Gasteiger partial charge in [-0.3, -0.25) is 14.4 Å². The van der Waals surface area contributed by atoms with E-state index >= 15 is 0 Å². The summed E-state index contributed by atoms with van der Waals surface area (Å²) in [7, 11) is 0. The smallest absolute Gasteiger partial charge is 0.255 e. The Hall–Kier alpha value is -2.57. The highest BCUT2D eigenvalue weighted by molar-refractivity contribution is 6.43. The van der Waals surface area contributed by atoms with E-state index in [1.54, 1.807) is 28.0 Å². The molecule has 1 aliphatic rings. The van der Waals surface area contributed by atoms with Crippen LogP contribution in [0.25, 0.3) is 0 Å². The third kappa shape index (κ3) is 5.49. The summed E-state index contributed by atoms with van der Waals surface area (Å²) in [6, 6.07) is 14.3. The molecule has 0 spiro atoms. The first-order chi connectivity index (χ1) is 14.0. The van der Waals surface area contributed by atoms with Gasteiger partial charge in [-0.1, -0.05) is 59.6 Å². The van der Waals surface area contributed by atoms with E-state index in [0.29, 0.717) is 36.8 Å². The molecule has 1 saturated heterocycles. The van der Waals surface area contributed by atoms with Crippen molar-refractivity contribution in [2.24, 2.45) is 0 Å². The van der Waals surface area contributed by atoms with Gasteiger partial charge in [-0.25, -0.2) is 0 Å². The molecular formula is C21H21Cl2N3O3. The van der Waals surface area contributed by atoms with Crippen LogP contribution < -0.4 is 5.32 Å².